The molecule has 1 unspecified atom stereocenters. The van der Waals surface area contributed by atoms with E-state index in [2.05, 4.69) is 10.1 Å². The summed E-state index contributed by atoms with van der Waals surface area (Å²) in [5.74, 6) is 0.0414. The van der Waals surface area contributed by atoms with Crippen LogP contribution in [0.2, 0.25) is 0 Å². The lowest BCUT2D eigenvalue weighted by Crippen LogP contribution is -2.43. The summed E-state index contributed by atoms with van der Waals surface area (Å²) in [7, 11) is 1.24. The zero-order chi connectivity index (χ0) is 17.8. The Balaban J connectivity index is 2.06. The third-order valence-electron chi connectivity index (χ3n) is 3.74. The molecule has 0 bridgehead atoms. The molecule has 0 aromatic heterocycles. The van der Waals surface area contributed by atoms with Crippen LogP contribution < -0.4 is 0 Å². The molecule has 0 saturated carbocycles. The van der Waals surface area contributed by atoms with Crippen LogP contribution in [-0.4, -0.2) is 29.7 Å². The van der Waals surface area contributed by atoms with Gasteiger partial charge in [0.2, 0.25) is 5.70 Å². The average Bonchev–Trinajstić information content (AvgIpc) is 2.85. The Labute approximate surface area is 132 Å². The normalized spacial score (nSPS) is 23.5. The fourth-order valence-electron chi connectivity index (χ4n) is 2.48. The second kappa shape index (κ2) is 5.04. The van der Waals surface area contributed by atoms with Gasteiger partial charge in [0, 0.05) is 17.7 Å². The molecular weight excluding hydrogens is 336 g/mol. The Kier molecular flexibility index (Phi) is 3.45. The van der Waals surface area contributed by atoms with Gasteiger partial charge in [-0.25, -0.2) is 0 Å². The zero-order valence-corrected chi connectivity index (χ0v) is 12.2. The molecule has 1 aromatic rings. The maximum Gasteiger partial charge on any atom is 0.470 e. The SMILES string of the molecule is C[N+]12N=CC=C1N=C(c1ccc(C(F)(F)F)cc1)C=C2C(F)(F)F. The number of benzene rings is 1. The molecule has 0 N–H and O–H groups in total. The number of hydrogen-bond donors (Lipinski definition) is 0. The minimum atomic E-state index is -4.66. The van der Waals surface area contributed by atoms with Gasteiger partial charge >= 0.3 is 12.4 Å². The second-order valence-electron chi connectivity index (χ2n) is 5.35. The quantitative estimate of drug-likeness (QED) is 0.537. The number of fused-ring (bicyclic) bond motifs is 1. The maximum absolute atomic E-state index is 13.3. The van der Waals surface area contributed by atoms with E-state index in [4.69, 9.17) is 0 Å². The van der Waals surface area contributed by atoms with Crippen molar-refractivity contribution >= 4 is 11.9 Å². The van der Waals surface area contributed by atoms with E-state index in [1.54, 1.807) is 0 Å². The minimum absolute atomic E-state index is 0.0414. The molecule has 3 nitrogen and oxygen atoms in total. The van der Waals surface area contributed by atoms with Gasteiger partial charge in [0.05, 0.1) is 17.5 Å². The number of quaternary nitrogens is 1. The molecule has 0 spiro atoms. The van der Waals surface area contributed by atoms with E-state index in [-0.39, 0.29) is 17.1 Å². The Hall–Kier alpha value is -2.42. The fraction of sp³-hybridized carbons (Fsp3) is 0.200. The summed E-state index contributed by atoms with van der Waals surface area (Å²) in [4.78, 5) is 4.11. The molecule has 0 aliphatic carbocycles. The van der Waals surface area contributed by atoms with Crippen molar-refractivity contribution in [3.63, 3.8) is 0 Å². The number of halogens is 6. The van der Waals surface area contributed by atoms with Gasteiger partial charge in [0.15, 0.2) is 0 Å². The van der Waals surface area contributed by atoms with Gasteiger partial charge in [0.1, 0.15) is 7.05 Å². The number of nitrogens with zero attached hydrogens (tertiary/aromatic N) is 3. The molecule has 24 heavy (non-hydrogen) atoms. The molecule has 1 atom stereocenters. The molecule has 2 heterocycles. The Morgan fingerprint density at radius 1 is 0.917 bits per heavy atom. The van der Waals surface area contributed by atoms with E-state index in [1.165, 1.54) is 19.3 Å². The summed E-state index contributed by atoms with van der Waals surface area (Å²) in [6.45, 7) is 0. The van der Waals surface area contributed by atoms with Crippen molar-refractivity contribution in [1.29, 1.82) is 0 Å². The minimum Gasteiger partial charge on any atom is -0.194 e. The van der Waals surface area contributed by atoms with Gasteiger partial charge in [-0.1, -0.05) is 17.2 Å². The number of hydrogen-bond acceptors (Lipinski definition) is 2. The van der Waals surface area contributed by atoms with Crippen molar-refractivity contribution < 1.29 is 30.9 Å². The summed E-state index contributed by atoms with van der Waals surface area (Å²) < 4.78 is 76.9. The zero-order valence-electron chi connectivity index (χ0n) is 12.2. The van der Waals surface area contributed by atoms with Crippen LogP contribution in [0.5, 0.6) is 0 Å². The molecule has 1 aromatic carbocycles. The van der Waals surface area contributed by atoms with Gasteiger partial charge < -0.3 is 0 Å². The first-order valence-corrected chi connectivity index (χ1v) is 6.70. The van der Waals surface area contributed by atoms with Gasteiger partial charge in [-0.05, 0) is 12.1 Å². The van der Waals surface area contributed by atoms with Crippen molar-refractivity contribution in [1.82, 2.24) is 0 Å². The van der Waals surface area contributed by atoms with Crippen molar-refractivity contribution in [2.24, 2.45) is 10.1 Å². The Morgan fingerprint density at radius 2 is 1.54 bits per heavy atom. The fourth-order valence-corrected chi connectivity index (χ4v) is 2.48. The number of alkyl halides is 6. The molecule has 3 rings (SSSR count). The summed E-state index contributed by atoms with van der Waals surface area (Å²) in [6, 6.07) is 3.80. The molecule has 0 amide bonds. The third kappa shape index (κ3) is 2.64. The van der Waals surface area contributed by atoms with Gasteiger partial charge in [-0.15, -0.1) is 4.59 Å². The summed E-state index contributed by atoms with van der Waals surface area (Å²) >= 11 is 0. The highest BCUT2D eigenvalue weighted by atomic mass is 19.4. The van der Waals surface area contributed by atoms with Gasteiger partial charge in [0.25, 0.3) is 5.82 Å². The van der Waals surface area contributed by atoms with Gasteiger partial charge in [-0.3, -0.25) is 0 Å². The Morgan fingerprint density at radius 3 is 2.08 bits per heavy atom. The smallest absolute Gasteiger partial charge is 0.194 e. The lowest BCUT2D eigenvalue weighted by molar-refractivity contribution is -0.849. The average molecular weight is 346 g/mol. The molecule has 0 saturated heterocycles. The number of rotatable bonds is 1. The van der Waals surface area contributed by atoms with Crippen LogP contribution in [0.4, 0.5) is 26.3 Å². The van der Waals surface area contributed by atoms with Crippen LogP contribution in [0.1, 0.15) is 11.1 Å². The molecule has 2 aliphatic heterocycles. The third-order valence-corrected chi connectivity index (χ3v) is 3.74. The highest BCUT2D eigenvalue weighted by Crippen LogP contribution is 2.41. The van der Waals surface area contributed by atoms with E-state index in [1.807, 2.05) is 0 Å². The summed E-state index contributed by atoms with van der Waals surface area (Å²) in [5.41, 5.74) is -1.76. The van der Waals surface area contributed by atoms with Crippen LogP contribution >= 0.6 is 0 Å². The van der Waals surface area contributed by atoms with E-state index in [9.17, 15) is 26.3 Å². The van der Waals surface area contributed by atoms with Crippen LogP contribution in [0.25, 0.3) is 0 Å². The van der Waals surface area contributed by atoms with Crippen LogP contribution in [0.15, 0.2) is 58.0 Å². The number of aliphatic imine (C=N–C) groups is 1. The predicted molar refractivity (Wildman–Crippen MR) is 74.9 cm³/mol. The molecule has 9 heteroatoms. The van der Waals surface area contributed by atoms with E-state index >= 15 is 0 Å². The highest BCUT2D eigenvalue weighted by Gasteiger charge is 2.54. The first-order chi connectivity index (χ1) is 11.0. The van der Waals surface area contributed by atoms with Crippen LogP contribution in [0.3, 0.4) is 0 Å². The standard InChI is InChI=1S/C15H10F6N3/c1-24-12(15(19,20)21)8-11(23-13(24)6-7-22-24)9-2-4-10(5-3-9)14(16,17)18/h2-8H,1H3/q+1. The van der Waals surface area contributed by atoms with Crippen LogP contribution in [-0.2, 0) is 6.18 Å². The van der Waals surface area contributed by atoms with Gasteiger partial charge in [-0.2, -0.15) is 31.3 Å². The highest BCUT2D eigenvalue weighted by molar-refractivity contribution is 6.10. The topological polar surface area (TPSA) is 24.7 Å². The van der Waals surface area contributed by atoms with Crippen molar-refractivity contribution in [2.75, 3.05) is 7.05 Å². The molecular formula is C15H10F6N3+. The van der Waals surface area contributed by atoms with E-state index < -0.39 is 28.2 Å². The Bertz CT molecular complexity index is 796. The first-order valence-electron chi connectivity index (χ1n) is 6.70. The summed E-state index contributed by atoms with van der Waals surface area (Å²) in [6.07, 6.45) is -5.82. The largest absolute Gasteiger partial charge is 0.470 e. The van der Waals surface area contributed by atoms with E-state index in [0.29, 0.717) is 0 Å². The molecule has 0 radical (unpaired) electrons. The predicted octanol–water partition coefficient (Wildman–Crippen LogP) is 4.24. The van der Waals surface area contributed by atoms with E-state index in [0.717, 1.165) is 30.3 Å². The monoisotopic (exact) mass is 346 g/mol. The van der Waals surface area contributed by atoms with Crippen molar-refractivity contribution in [3.8, 4) is 0 Å². The van der Waals surface area contributed by atoms with Crippen molar-refractivity contribution in [2.45, 2.75) is 12.4 Å². The van der Waals surface area contributed by atoms with Crippen molar-refractivity contribution in [3.05, 3.63) is 59.1 Å². The number of allylic oxidation sites excluding steroid dienone is 3. The first kappa shape index (κ1) is 16.4. The molecule has 2 aliphatic rings. The van der Waals surface area contributed by atoms with Crippen LogP contribution in [0, 0.1) is 0 Å². The lowest BCUT2D eigenvalue weighted by Gasteiger charge is -2.30. The second-order valence-corrected chi connectivity index (χ2v) is 5.35. The molecule has 0 fully saturated rings. The lowest BCUT2D eigenvalue weighted by atomic mass is 10.0. The summed E-state index contributed by atoms with van der Waals surface area (Å²) in [5, 5.41) is 3.79. The molecule has 126 valence electrons. The maximum atomic E-state index is 13.3.